The summed E-state index contributed by atoms with van der Waals surface area (Å²) in [5.41, 5.74) is 6.70. The van der Waals surface area contributed by atoms with Gasteiger partial charge in [0, 0.05) is 18.8 Å². The van der Waals surface area contributed by atoms with Crippen LogP contribution in [0.2, 0.25) is 0 Å². The molecule has 0 fully saturated rings. The third kappa shape index (κ3) is 2.45. The fourth-order valence-electron chi connectivity index (χ4n) is 1.84. The molecule has 0 bridgehead atoms. The molecule has 0 saturated heterocycles. The van der Waals surface area contributed by atoms with Crippen molar-refractivity contribution in [1.29, 1.82) is 0 Å². The molecule has 4 heteroatoms. The minimum atomic E-state index is 0.153. The summed E-state index contributed by atoms with van der Waals surface area (Å²) in [5.74, 6) is 0. The molecule has 1 unspecified atom stereocenters. The number of likely N-dealkylation sites (N-methyl/N-ethyl adjacent to an activating group) is 1. The first-order valence-electron chi connectivity index (χ1n) is 5.55. The zero-order valence-corrected chi connectivity index (χ0v) is 9.47. The molecule has 2 N–H and O–H groups in total. The van der Waals surface area contributed by atoms with E-state index in [1.807, 2.05) is 18.2 Å². The number of nitrogens with zero attached hydrogens (tertiary/aromatic N) is 2. The zero-order valence-electron chi connectivity index (χ0n) is 9.47. The summed E-state index contributed by atoms with van der Waals surface area (Å²) in [7, 11) is 0. The third-order valence-corrected chi connectivity index (χ3v) is 2.67. The SMILES string of the molecule is CCN(CC1COC(N)=N1)c1ccccc1. The maximum atomic E-state index is 5.49. The molecular weight excluding hydrogens is 202 g/mol. The summed E-state index contributed by atoms with van der Waals surface area (Å²) in [6.07, 6.45) is 0. The molecule has 1 aromatic rings. The fourth-order valence-corrected chi connectivity index (χ4v) is 1.84. The molecule has 0 radical (unpaired) electrons. The van der Waals surface area contributed by atoms with Crippen LogP contribution in [0.1, 0.15) is 6.92 Å². The molecule has 1 aliphatic rings. The molecule has 16 heavy (non-hydrogen) atoms. The molecule has 0 amide bonds. The number of anilines is 1. The number of rotatable bonds is 4. The molecule has 0 aliphatic carbocycles. The number of para-hydroxylation sites is 1. The summed E-state index contributed by atoms with van der Waals surface area (Å²) >= 11 is 0. The summed E-state index contributed by atoms with van der Waals surface area (Å²) in [4.78, 5) is 6.51. The number of nitrogens with two attached hydrogens (primary N) is 1. The molecule has 4 nitrogen and oxygen atoms in total. The van der Waals surface area contributed by atoms with Crippen molar-refractivity contribution in [3.8, 4) is 0 Å². The topological polar surface area (TPSA) is 50.9 Å². The number of benzene rings is 1. The number of hydrogen-bond donors (Lipinski definition) is 1. The Morgan fingerprint density at radius 1 is 1.44 bits per heavy atom. The normalized spacial score (nSPS) is 19.1. The predicted octanol–water partition coefficient (Wildman–Crippen LogP) is 1.23. The van der Waals surface area contributed by atoms with Gasteiger partial charge in [-0.2, -0.15) is 0 Å². The van der Waals surface area contributed by atoms with Gasteiger partial charge in [0.25, 0.3) is 6.02 Å². The van der Waals surface area contributed by atoms with Crippen LogP contribution in [-0.4, -0.2) is 31.8 Å². The van der Waals surface area contributed by atoms with Crippen LogP contribution in [-0.2, 0) is 4.74 Å². The van der Waals surface area contributed by atoms with Gasteiger partial charge in [-0.05, 0) is 19.1 Å². The highest BCUT2D eigenvalue weighted by Crippen LogP contribution is 2.15. The van der Waals surface area contributed by atoms with E-state index in [9.17, 15) is 0 Å². The van der Waals surface area contributed by atoms with Crippen molar-refractivity contribution in [3.63, 3.8) is 0 Å². The van der Waals surface area contributed by atoms with E-state index < -0.39 is 0 Å². The quantitative estimate of drug-likeness (QED) is 0.828. The Morgan fingerprint density at radius 2 is 2.19 bits per heavy atom. The van der Waals surface area contributed by atoms with Crippen molar-refractivity contribution < 1.29 is 4.74 Å². The smallest absolute Gasteiger partial charge is 0.282 e. The third-order valence-electron chi connectivity index (χ3n) is 2.67. The average molecular weight is 219 g/mol. The Bertz CT molecular complexity index is 364. The first kappa shape index (κ1) is 10.8. The highest BCUT2D eigenvalue weighted by molar-refractivity contribution is 5.73. The molecule has 0 saturated carbocycles. The second-order valence-electron chi connectivity index (χ2n) is 3.81. The Kier molecular flexibility index (Phi) is 3.29. The number of amidine groups is 1. The molecule has 1 aliphatic heterocycles. The molecule has 1 heterocycles. The van der Waals surface area contributed by atoms with Gasteiger partial charge < -0.3 is 15.4 Å². The molecule has 1 aromatic carbocycles. The van der Waals surface area contributed by atoms with Gasteiger partial charge in [0.2, 0.25) is 0 Å². The minimum absolute atomic E-state index is 0.153. The van der Waals surface area contributed by atoms with E-state index in [-0.39, 0.29) is 6.04 Å². The Labute approximate surface area is 95.7 Å². The van der Waals surface area contributed by atoms with E-state index in [1.165, 1.54) is 5.69 Å². The summed E-state index contributed by atoms with van der Waals surface area (Å²) in [5, 5.41) is 0. The second-order valence-corrected chi connectivity index (χ2v) is 3.81. The van der Waals surface area contributed by atoms with Crippen LogP contribution in [0.3, 0.4) is 0 Å². The number of hydrogen-bond acceptors (Lipinski definition) is 4. The fraction of sp³-hybridized carbons (Fsp3) is 0.417. The van der Waals surface area contributed by atoms with E-state index in [4.69, 9.17) is 10.5 Å². The first-order chi connectivity index (χ1) is 7.79. The highest BCUT2D eigenvalue weighted by Gasteiger charge is 2.19. The molecular formula is C12H17N3O. The van der Waals surface area contributed by atoms with Crippen molar-refractivity contribution >= 4 is 11.7 Å². The second kappa shape index (κ2) is 4.88. The summed E-state index contributed by atoms with van der Waals surface area (Å²) < 4.78 is 5.15. The van der Waals surface area contributed by atoms with Crippen molar-refractivity contribution in [3.05, 3.63) is 30.3 Å². The molecule has 2 rings (SSSR count). The maximum Gasteiger partial charge on any atom is 0.282 e. The van der Waals surface area contributed by atoms with Gasteiger partial charge in [0.15, 0.2) is 0 Å². The van der Waals surface area contributed by atoms with E-state index >= 15 is 0 Å². The van der Waals surface area contributed by atoms with E-state index in [0.717, 1.165) is 13.1 Å². The predicted molar refractivity (Wildman–Crippen MR) is 65.7 cm³/mol. The van der Waals surface area contributed by atoms with Gasteiger partial charge in [0.05, 0.1) is 0 Å². The maximum absolute atomic E-state index is 5.49. The monoisotopic (exact) mass is 219 g/mol. The van der Waals surface area contributed by atoms with Crippen LogP contribution in [0.4, 0.5) is 5.69 Å². The van der Waals surface area contributed by atoms with Gasteiger partial charge in [-0.15, -0.1) is 0 Å². The van der Waals surface area contributed by atoms with Gasteiger partial charge in [0.1, 0.15) is 12.6 Å². The number of aliphatic imine (C=N–C) groups is 1. The minimum Gasteiger partial charge on any atom is -0.463 e. The summed E-state index contributed by atoms with van der Waals surface area (Å²) in [6, 6.07) is 10.8. The van der Waals surface area contributed by atoms with Gasteiger partial charge >= 0.3 is 0 Å². The summed E-state index contributed by atoms with van der Waals surface area (Å²) in [6.45, 7) is 4.53. The Balaban J connectivity index is 2.01. The average Bonchev–Trinajstić information content (AvgIpc) is 2.73. The van der Waals surface area contributed by atoms with E-state index in [1.54, 1.807) is 0 Å². The van der Waals surface area contributed by atoms with Crippen LogP contribution in [0, 0.1) is 0 Å². The lowest BCUT2D eigenvalue weighted by molar-refractivity contribution is 0.313. The van der Waals surface area contributed by atoms with Crippen molar-refractivity contribution in [2.75, 3.05) is 24.6 Å². The van der Waals surface area contributed by atoms with Crippen LogP contribution in [0.15, 0.2) is 35.3 Å². The first-order valence-corrected chi connectivity index (χ1v) is 5.55. The van der Waals surface area contributed by atoms with Crippen LogP contribution in [0.5, 0.6) is 0 Å². The lowest BCUT2D eigenvalue weighted by atomic mass is 10.2. The van der Waals surface area contributed by atoms with Gasteiger partial charge in [-0.25, -0.2) is 4.99 Å². The van der Waals surface area contributed by atoms with Crippen molar-refractivity contribution in [2.24, 2.45) is 10.7 Å². The highest BCUT2D eigenvalue weighted by atomic mass is 16.5. The van der Waals surface area contributed by atoms with Gasteiger partial charge in [-0.3, -0.25) is 0 Å². The van der Waals surface area contributed by atoms with Crippen LogP contribution in [0.25, 0.3) is 0 Å². The lowest BCUT2D eigenvalue weighted by Crippen LogP contribution is -2.32. The van der Waals surface area contributed by atoms with Crippen LogP contribution < -0.4 is 10.6 Å². The Morgan fingerprint density at radius 3 is 2.75 bits per heavy atom. The number of ether oxygens (including phenoxy) is 1. The standard InChI is InChI=1S/C12H17N3O/c1-2-15(11-6-4-3-5-7-11)8-10-9-16-12(13)14-10/h3-7,10H,2,8-9H2,1H3,(H2,13,14). The van der Waals surface area contributed by atoms with Crippen LogP contribution >= 0.6 is 0 Å². The van der Waals surface area contributed by atoms with E-state index in [2.05, 4.69) is 28.9 Å². The van der Waals surface area contributed by atoms with Crippen molar-refractivity contribution in [2.45, 2.75) is 13.0 Å². The Hall–Kier alpha value is -1.71. The van der Waals surface area contributed by atoms with Gasteiger partial charge in [-0.1, -0.05) is 18.2 Å². The van der Waals surface area contributed by atoms with E-state index in [0.29, 0.717) is 12.6 Å². The molecule has 0 spiro atoms. The molecule has 1 atom stereocenters. The molecule has 86 valence electrons. The van der Waals surface area contributed by atoms with Crippen molar-refractivity contribution in [1.82, 2.24) is 0 Å². The lowest BCUT2D eigenvalue weighted by Gasteiger charge is -2.24. The largest absolute Gasteiger partial charge is 0.463 e. The zero-order chi connectivity index (χ0) is 11.4. The molecule has 0 aromatic heterocycles.